The number of benzene rings is 2. The number of rotatable bonds is 9. The molecule has 0 radical (unpaired) electrons. The van der Waals surface area contributed by atoms with Gasteiger partial charge in [-0.25, -0.2) is 4.98 Å². The first-order valence-corrected chi connectivity index (χ1v) is 9.99. The number of fused-ring (bicyclic) bond motifs is 1. The quantitative estimate of drug-likeness (QED) is 0.567. The zero-order valence-electron chi connectivity index (χ0n) is 17.0. The van der Waals surface area contributed by atoms with Gasteiger partial charge in [-0.1, -0.05) is 31.2 Å². The first-order valence-electron chi connectivity index (χ1n) is 9.99. The van der Waals surface area contributed by atoms with Gasteiger partial charge in [0.15, 0.2) is 6.61 Å². The van der Waals surface area contributed by atoms with E-state index in [4.69, 9.17) is 9.72 Å². The predicted octanol–water partition coefficient (Wildman–Crippen LogP) is 4.19. The van der Waals surface area contributed by atoms with Crippen molar-refractivity contribution in [1.82, 2.24) is 14.9 Å². The van der Waals surface area contributed by atoms with Gasteiger partial charge in [0.25, 0.3) is 5.91 Å². The molecule has 0 atom stereocenters. The number of para-hydroxylation sites is 2. The first kappa shape index (κ1) is 19.9. The minimum Gasteiger partial charge on any atom is -0.483 e. The number of carbonyl (C=O) groups is 1. The third kappa shape index (κ3) is 4.91. The summed E-state index contributed by atoms with van der Waals surface area (Å²) in [5, 5.41) is 2.94. The molecule has 0 aliphatic rings. The Morgan fingerprint density at radius 3 is 2.82 bits per heavy atom. The molecular formula is C23H29N3O2. The zero-order chi connectivity index (χ0) is 19.9. The maximum absolute atomic E-state index is 12.1. The lowest BCUT2D eigenvalue weighted by molar-refractivity contribution is -0.123. The van der Waals surface area contributed by atoms with E-state index in [0.29, 0.717) is 6.54 Å². The van der Waals surface area contributed by atoms with E-state index < -0.39 is 0 Å². The third-order valence-corrected chi connectivity index (χ3v) is 4.78. The van der Waals surface area contributed by atoms with Crippen molar-refractivity contribution >= 4 is 16.9 Å². The SMILES string of the molecule is CCCn1c(CCCNC(=O)COc2cc(C)ccc2C)nc2ccccc21. The molecule has 0 saturated heterocycles. The summed E-state index contributed by atoms with van der Waals surface area (Å²) in [6, 6.07) is 14.2. The van der Waals surface area contributed by atoms with Crippen molar-refractivity contribution in [3.8, 4) is 5.75 Å². The fourth-order valence-electron chi connectivity index (χ4n) is 3.32. The highest BCUT2D eigenvalue weighted by atomic mass is 16.5. The molecule has 0 aliphatic heterocycles. The van der Waals surface area contributed by atoms with Gasteiger partial charge >= 0.3 is 0 Å². The topological polar surface area (TPSA) is 56.2 Å². The highest BCUT2D eigenvalue weighted by Crippen LogP contribution is 2.19. The number of amides is 1. The molecule has 1 amide bonds. The molecule has 0 saturated carbocycles. The lowest BCUT2D eigenvalue weighted by Crippen LogP contribution is -2.30. The largest absolute Gasteiger partial charge is 0.483 e. The molecule has 1 N–H and O–H groups in total. The summed E-state index contributed by atoms with van der Waals surface area (Å²) < 4.78 is 7.95. The van der Waals surface area contributed by atoms with Gasteiger partial charge < -0.3 is 14.6 Å². The Morgan fingerprint density at radius 1 is 1.18 bits per heavy atom. The summed E-state index contributed by atoms with van der Waals surface area (Å²) >= 11 is 0. The van der Waals surface area contributed by atoms with Crippen LogP contribution in [0.1, 0.15) is 36.7 Å². The average Bonchev–Trinajstić information content (AvgIpc) is 3.04. The summed E-state index contributed by atoms with van der Waals surface area (Å²) in [6.07, 6.45) is 2.76. The zero-order valence-corrected chi connectivity index (χ0v) is 17.0. The van der Waals surface area contributed by atoms with Crippen LogP contribution in [0.25, 0.3) is 11.0 Å². The molecule has 148 valence electrons. The first-order chi connectivity index (χ1) is 13.6. The Balaban J connectivity index is 1.48. The van der Waals surface area contributed by atoms with Crippen LogP contribution >= 0.6 is 0 Å². The maximum Gasteiger partial charge on any atom is 0.257 e. The standard InChI is InChI=1S/C23H29N3O2/c1-4-14-26-20-9-6-5-8-19(20)25-22(26)10-7-13-24-23(27)16-28-21-15-17(2)11-12-18(21)3/h5-6,8-9,11-12,15H,4,7,10,13-14,16H2,1-3H3,(H,24,27). The number of hydrogen-bond acceptors (Lipinski definition) is 3. The smallest absolute Gasteiger partial charge is 0.257 e. The maximum atomic E-state index is 12.1. The minimum atomic E-state index is -0.0945. The second kappa shape index (κ2) is 9.40. The number of carbonyl (C=O) groups excluding carboxylic acids is 1. The molecular weight excluding hydrogens is 350 g/mol. The third-order valence-electron chi connectivity index (χ3n) is 4.78. The number of ether oxygens (including phenoxy) is 1. The number of nitrogens with zero attached hydrogens (tertiary/aromatic N) is 2. The van der Waals surface area contributed by atoms with Crippen LogP contribution in [0.4, 0.5) is 0 Å². The van der Waals surface area contributed by atoms with Crippen LogP contribution in [0.5, 0.6) is 5.75 Å². The van der Waals surface area contributed by atoms with Crippen LogP contribution in [-0.4, -0.2) is 28.6 Å². The van der Waals surface area contributed by atoms with Crippen LogP contribution in [0.2, 0.25) is 0 Å². The van der Waals surface area contributed by atoms with E-state index in [-0.39, 0.29) is 12.5 Å². The Kier molecular flexibility index (Phi) is 6.69. The molecule has 0 spiro atoms. The molecule has 1 aromatic heterocycles. The highest BCUT2D eigenvalue weighted by molar-refractivity contribution is 5.77. The van der Waals surface area contributed by atoms with Crippen molar-refractivity contribution in [2.24, 2.45) is 0 Å². The summed E-state index contributed by atoms with van der Waals surface area (Å²) in [7, 11) is 0. The van der Waals surface area contributed by atoms with Gasteiger partial charge in [0.1, 0.15) is 11.6 Å². The molecule has 0 unspecified atom stereocenters. The molecule has 2 aromatic carbocycles. The van der Waals surface area contributed by atoms with Gasteiger partial charge in [-0.05, 0) is 56.0 Å². The Hall–Kier alpha value is -2.82. The highest BCUT2D eigenvalue weighted by Gasteiger charge is 2.10. The van der Waals surface area contributed by atoms with Gasteiger partial charge in [-0.3, -0.25) is 4.79 Å². The number of nitrogens with one attached hydrogen (secondary N) is 1. The average molecular weight is 380 g/mol. The molecule has 3 aromatic rings. The molecule has 0 fully saturated rings. The van der Waals surface area contributed by atoms with Crippen LogP contribution in [0.15, 0.2) is 42.5 Å². The van der Waals surface area contributed by atoms with E-state index in [1.165, 1.54) is 5.52 Å². The van der Waals surface area contributed by atoms with Crippen molar-refractivity contribution in [1.29, 1.82) is 0 Å². The van der Waals surface area contributed by atoms with E-state index in [0.717, 1.165) is 54.0 Å². The second-order valence-corrected chi connectivity index (χ2v) is 7.18. The number of aromatic nitrogens is 2. The van der Waals surface area contributed by atoms with E-state index in [1.807, 2.05) is 38.1 Å². The van der Waals surface area contributed by atoms with Crippen LogP contribution < -0.4 is 10.1 Å². The van der Waals surface area contributed by atoms with Crippen molar-refractivity contribution < 1.29 is 9.53 Å². The van der Waals surface area contributed by atoms with Crippen molar-refractivity contribution in [2.45, 2.75) is 46.6 Å². The predicted molar refractivity (Wildman–Crippen MR) is 113 cm³/mol. The fourth-order valence-corrected chi connectivity index (χ4v) is 3.32. The van der Waals surface area contributed by atoms with Gasteiger partial charge in [-0.15, -0.1) is 0 Å². The van der Waals surface area contributed by atoms with E-state index in [9.17, 15) is 4.79 Å². The second-order valence-electron chi connectivity index (χ2n) is 7.18. The molecule has 5 nitrogen and oxygen atoms in total. The van der Waals surface area contributed by atoms with Crippen molar-refractivity contribution in [3.63, 3.8) is 0 Å². The van der Waals surface area contributed by atoms with E-state index in [2.05, 4.69) is 35.0 Å². The van der Waals surface area contributed by atoms with Gasteiger partial charge in [0.05, 0.1) is 11.0 Å². The molecule has 0 aliphatic carbocycles. The summed E-state index contributed by atoms with van der Waals surface area (Å²) in [5.41, 5.74) is 4.38. The van der Waals surface area contributed by atoms with Crippen LogP contribution in [-0.2, 0) is 17.8 Å². The number of aryl methyl sites for hydroxylation is 4. The van der Waals surface area contributed by atoms with E-state index in [1.54, 1.807) is 0 Å². The number of hydrogen-bond donors (Lipinski definition) is 1. The normalized spacial score (nSPS) is 11.0. The molecule has 3 rings (SSSR count). The van der Waals surface area contributed by atoms with Gasteiger partial charge in [0.2, 0.25) is 0 Å². The fraction of sp³-hybridized carbons (Fsp3) is 0.391. The van der Waals surface area contributed by atoms with Gasteiger partial charge in [-0.2, -0.15) is 0 Å². The van der Waals surface area contributed by atoms with Gasteiger partial charge in [0, 0.05) is 19.5 Å². The number of imidazole rings is 1. The van der Waals surface area contributed by atoms with Crippen LogP contribution in [0.3, 0.4) is 0 Å². The Morgan fingerprint density at radius 2 is 2.00 bits per heavy atom. The molecule has 0 bridgehead atoms. The lowest BCUT2D eigenvalue weighted by atomic mass is 10.1. The van der Waals surface area contributed by atoms with Crippen LogP contribution in [0, 0.1) is 13.8 Å². The summed E-state index contributed by atoms with van der Waals surface area (Å²) in [5.74, 6) is 1.76. The lowest BCUT2D eigenvalue weighted by Gasteiger charge is -2.11. The summed E-state index contributed by atoms with van der Waals surface area (Å²) in [6.45, 7) is 7.79. The molecule has 1 heterocycles. The van der Waals surface area contributed by atoms with Crippen molar-refractivity contribution in [3.05, 3.63) is 59.4 Å². The molecule has 28 heavy (non-hydrogen) atoms. The monoisotopic (exact) mass is 379 g/mol. The van der Waals surface area contributed by atoms with E-state index >= 15 is 0 Å². The minimum absolute atomic E-state index is 0.0403. The molecule has 5 heteroatoms. The summed E-state index contributed by atoms with van der Waals surface area (Å²) in [4.78, 5) is 16.8. The Labute approximate surface area is 166 Å². The Bertz CT molecular complexity index is 946. The van der Waals surface area contributed by atoms with Crippen molar-refractivity contribution in [2.75, 3.05) is 13.2 Å².